The van der Waals surface area contributed by atoms with Gasteiger partial charge in [0.25, 0.3) is 0 Å². The smallest absolute Gasteiger partial charge is 0.244 e. The highest BCUT2D eigenvalue weighted by Gasteiger charge is 2.31. The van der Waals surface area contributed by atoms with E-state index in [0.29, 0.717) is 16.8 Å². The molecule has 1 N–H and O–H groups in total. The minimum Gasteiger partial charge on any atom is -0.497 e. The predicted molar refractivity (Wildman–Crippen MR) is 147 cm³/mol. The van der Waals surface area contributed by atoms with Crippen LogP contribution in [0.25, 0.3) is 10.8 Å². The standard InChI is InChI=1S/C28H35N3O5S/c1-6-20(2)29-28(33)21(3)30(18-22-11-9-14-24(17-22)36-4)27(32)19-31(37(5,34)35)26-16-10-13-23-12-7-8-15-25(23)26/h7-17,20-21H,6,18-19H2,1-5H3,(H,29,33)/t20-,21-/m0/s1. The fraction of sp³-hybridized carbons (Fsp3) is 0.357. The van der Waals surface area contributed by atoms with Crippen molar-refractivity contribution in [3.8, 4) is 5.75 Å². The van der Waals surface area contributed by atoms with Gasteiger partial charge >= 0.3 is 0 Å². The summed E-state index contributed by atoms with van der Waals surface area (Å²) in [7, 11) is -2.27. The van der Waals surface area contributed by atoms with Gasteiger partial charge in [-0.1, -0.05) is 55.5 Å². The Balaban J connectivity index is 1.99. The lowest BCUT2D eigenvalue weighted by atomic mass is 10.1. The average Bonchev–Trinajstić information content (AvgIpc) is 2.88. The highest BCUT2D eigenvalue weighted by atomic mass is 32.2. The van der Waals surface area contributed by atoms with Gasteiger partial charge in [0.15, 0.2) is 0 Å². The number of fused-ring (bicyclic) bond motifs is 1. The topological polar surface area (TPSA) is 96.0 Å². The summed E-state index contributed by atoms with van der Waals surface area (Å²) in [6.07, 6.45) is 1.82. The van der Waals surface area contributed by atoms with Crippen LogP contribution in [0.3, 0.4) is 0 Å². The zero-order chi connectivity index (χ0) is 27.2. The van der Waals surface area contributed by atoms with E-state index in [1.54, 1.807) is 44.4 Å². The molecule has 0 aliphatic heterocycles. The molecule has 0 heterocycles. The Bertz CT molecular complexity index is 1350. The zero-order valence-electron chi connectivity index (χ0n) is 22.0. The van der Waals surface area contributed by atoms with Gasteiger partial charge in [-0.2, -0.15) is 0 Å². The molecular formula is C28H35N3O5S. The molecule has 9 heteroatoms. The Morgan fingerprint density at radius 3 is 2.35 bits per heavy atom. The van der Waals surface area contributed by atoms with Crippen LogP contribution in [0.1, 0.15) is 32.8 Å². The first kappa shape index (κ1) is 28.0. The van der Waals surface area contributed by atoms with Gasteiger partial charge in [0.05, 0.1) is 19.1 Å². The lowest BCUT2D eigenvalue weighted by Crippen LogP contribution is -2.52. The van der Waals surface area contributed by atoms with Gasteiger partial charge in [0.1, 0.15) is 18.3 Å². The van der Waals surface area contributed by atoms with Gasteiger partial charge in [-0.3, -0.25) is 13.9 Å². The van der Waals surface area contributed by atoms with E-state index in [2.05, 4.69) is 5.32 Å². The number of methoxy groups -OCH3 is 1. The van der Waals surface area contributed by atoms with Crippen molar-refractivity contribution in [3.05, 3.63) is 72.3 Å². The average molecular weight is 526 g/mol. The molecule has 0 unspecified atom stereocenters. The lowest BCUT2D eigenvalue weighted by Gasteiger charge is -2.32. The molecule has 2 amide bonds. The van der Waals surface area contributed by atoms with Crippen LogP contribution >= 0.6 is 0 Å². The fourth-order valence-corrected chi connectivity index (χ4v) is 4.90. The third kappa shape index (κ3) is 7.01. The maximum Gasteiger partial charge on any atom is 0.244 e. The number of benzene rings is 3. The summed E-state index contributed by atoms with van der Waals surface area (Å²) < 4.78 is 32.3. The number of rotatable bonds is 11. The van der Waals surface area contributed by atoms with Crippen LogP contribution in [0, 0.1) is 0 Å². The van der Waals surface area contributed by atoms with Gasteiger partial charge in [-0.15, -0.1) is 0 Å². The Hall–Kier alpha value is -3.59. The molecule has 198 valence electrons. The number of nitrogens with one attached hydrogen (secondary N) is 1. The second-order valence-electron chi connectivity index (χ2n) is 9.13. The van der Waals surface area contributed by atoms with Crippen molar-refractivity contribution in [2.45, 2.75) is 45.8 Å². The summed E-state index contributed by atoms with van der Waals surface area (Å²) in [5.74, 6) is -0.176. The van der Waals surface area contributed by atoms with Crippen LogP contribution in [0.5, 0.6) is 5.75 Å². The van der Waals surface area contributed by atoms with Gasteiger partial charge < -0.3 is 15.0 Å². The number of hydrogen-bond acceptors (Lipinski definition) is 5. The van der Waals surface area contributed by atoms with Crippen LogP contribution in [0.2, 0.25) is 0 Å². The molecule has 0 bridgehead atoms. The molecule has 0 saturated carbocycles. The van der Waals surface area contributed by atoms with E-state index in [1.165, 1.54) is 4.90 Å². The second-order valence-corrected chi connectivity index (χ2v) is 11.0. The molecule has 0 aliphatic carbocycles. The summed E-state index contributed by atoms with van der Waals surface area (Å²) in [4.78, 5) is 28.2. The molecule has 37 heavy (non-hydrogen) atoms. The highest BCUT2D eigenvalue weighted by molar-refractivity contribution is 7.92. The molecule has 3 rings (SSSR count). The summed E-state index contributed by atoms with van der Waals surface area (Å²) in [6, 6.07) is 19.1. The van der Waals surface area contributed by atoms with Crippen molar-refractivity contribution in [1.82, 2.24) is 10.2 Å². The van der Waals surface area contributed by atoms with E-state index in [1.807, 2.05) is 50.2 Å². The van der Waals surface area contributed by atoms with Crippen molar-refractivity contribution < 1.29 is 22.7 Å². The molecule has 2 atom stereocenters. The lowest BCUT2D eigenvalue weighted by molar-refractivity contribution is -0.139. The molecule has 3 aromatic carbocycles. The summed E-state index contributed by atoms with van der Waals surface area (Å²) in [6.45, 7) is 5.17. The number of carbonyl (C=O) groups excluding carboxylic acids is 2. The van der Waals surface area contributed by atoms with Crippen molar-refractivity contribution >= 4 is 38.3 Å². The molecule has 3 aromatic rings. The van der Waals surface area contributed by atoms with Gasteiger partial charge in [-0.05, 0) is 49.4 Å². The maximum atomic E-state index is 13.8. The third-order valence-electron chi connectivity index (χ3n) is 6.37. The first-order chi connectivity index (χ1) is 17.5. The quantitative estimate of drug-likeness (QED) is 0.409. The number of carbonyl (C=O) groups is 2. The van der Waals surface area contributed by atoms with E-state index >= 15 is 0 Å². The van der Waals surface area contributed by atoms with Crippen LogP contribution in [0.4, 0.5) is 5.69 Å². The van der Waals surface area contributed by atoms with E-state index in [9.17, 15) is 18.0 Å². The molecule has 0 radical (unpaired) electrons. The van der Waals surface area contributed by atoms with Crippen LogP contribution < -0.4 is 14.4 Å². The van der Waals surface area contributed by atoms with Gasteiger partial charge in [0.2, 0.25) is 21.8 Å². The van der Waals surface area contributed by atoms with E-state index in [4.69, 9.17) is 4.74 Å². The Morgan fingerprint density at radius 2 is 1.68 bits per heavy atom. The third-order valence-corrected chi connectivity index (χ3v) is 7.50. The van der Waals surface area contributed by atoms with E-state index in [-0.39, 0.29) is 18.5 Å². The molecule has 0 aliphatic rings. The number of ether oxygens (including phenoxy) is 1. The first-order valence-corrected chi connectivity index (χ1v) is 14.1. The SMILES string of the molecule is CC[C@H](C)NC(=O)[C@H](C)N(Cc1cccc(OC)c1)C(=O)CN(c1cccc2ccccc12)S(C)(=O)=O. The minimum absolute atomic E-state index is 0.0630. The molecule has 0 saturated heterocycles. The Kier molecular flexibility index (Phi) is 9.15. The van der Waals surface area contributed by atoms with Crippen molar-refractivity contribution in [1.29, 1.82) is 0 Å². The normalized spacial score (nSPS) is 13.0. The largest absolute Gasteiger partial charge is 0.497 e. The Morgan fingerprint density at radius 1 is 1.00 bits per heavy atom. The highest BCUT2D eigenvalue weighted by Crippen LogP contribution is 2.29. The van der Waals surface area contributed by atoms with E-state index in [0.717, 1.165) is 27.9 Å². The molecular weight excluding hydrogens is 490 g/mol. The summed E-state index contributed by atoms with van der Waals surface area (Å²) >= 11 is 0. The number of amides is 2. The van der Waals surface area contributed by atoms with Gasteiger partial charge in [0, 0.05) is 18.0 Å². The van der Waals surface area contributed by atoms with Crippen LogP contribution in [-0.2, 0) is 26.2 Å². The number of hydrogen-bond donors (Lipinski definition) is 1. The molecule has 8 nitrogen and oxygen atoms in total. The summed E-state index contributed by atoms with van der Waals surface area (Å²) in [5.41, 5.74) is 1.17. The maximum absolute atomic E-state index is 13.8. The summed E-state index contributed by atoms with van der Waals surface area (Å²) in [5, 5.41) is 4.49. The number of sulfonamides is 1. The van der Waals surface area contributed by atoms with Crippen molar-refractivity contribution in [2.75, 3.05) is 24.2 Å². The Labute approximate surface area is 219 Å². The molecule has 0 fully saturated rings. The molecule has 0 aromatic heterocycles. The number of nitrogens with zero attached hydrogens (tertiary/aromatic N) is 2. The van der Waals surface area contributed by atoms with Crippen molar-refractivity contribution in [2.24, 2.45) is 0 Å². The second kappa shape index (κ2) is 12.1. The van der Waals surface area contributed by atoms with E-state index < -0.39 is 28.5 Å². The molecule has 0 spiro atoms. The fourth-order valence-electron chi connectivity index (χ4n) is 4.04. The van der Waals surface area contributed by atoms with Crippen molar-refractivity contribution in [3.63, 3.8) is 0 Å². The van der Waals surface area contributed by atoms with Gasteiger partial charge in [-0.25, -0.2) is 8.42 Å². The van der Waals surface area contributed by atoms with Crippen LogP contribution in [0.15, 0.2) is 66.7 Å². The monoisotopic (exact) mass is 525 g/mol. The van der Waals surface area contributed by atoms with Crippen LogP contribution in [-0.4, -0.2) is 57.1 Å². The predicted octanol–water partition coefficient (Wildman–Crippen LogP) is 3.95. The number of anilines is 1. The first-order valence-electron chi connectivity index (χ1n) is 12.2. The minimum atomic E-state index is -3.83. The zero-order valence-corrected chi connectivity index (χ0v) is 22.8.